The lowest BCUT2D eigenvalue weighted by molar-refractivity contribution is -0.125. The summed E-state index contributed by atoms with van der Waals surface area (Å²) >= 11 is 0. The molecule has 0 radical (unpaired) electrons. The highest BCUT2D eigenvalue weighted by Crippen LogP contribution is 2.24. The molecule has 1 saturated heterocycles. The Hall–Kier alpha value is -2.09. The van der Waals surface area contributed by atoms with Crippen molar-refractivity contribution in [1.29, 1.82) is 5.26 Å². The highest BCUT2D eigenvalue weighted by atomic mass is 16.1. The molecule has 0 unspecified atom stereocenters. The molecule has 2 rings (SSSR count). The fourth-order valence-electron chi connectivity index (χ4n) is 2.32. The molecule has 1 aromatic rings. The number of anilines is 1. The Morgan fingerprint density at radius 3 is 2.89 bits per heavy atom. The number of carbonyl (C=O) groups excluding carboxylic acids is 1. The van der Waals surface area contributed by atoms with E-state index in [1.165, 1.54) is 0 Å². The van der Waals surface area contributed by atoms with Gasteiger partial charge in [-0.2, -0.15) is 5.26 Å². The van der Waals surface area contributed by atoms with E-state index < -0.39 is 0 Å². The van der Waals surface area contributed by atoms with Gasteiger partial charge in [0.15, 0.2) is 5.69 Å². The number of piperidine rings is 1. The van der Waals surface area contributed by atoms with Crippen molar-refractivity contribution in [1.82, 2.24) is 10.3 Å². The van der Waals surface area contributed by atoms with Crippen molar-refractivity contribution in [2.75, 3.05) is 25.0 Å². The molecular weight excluding hydrogens is 228 g/mol. The largest absolute Gasteiger partial charge is 0.369 e. The molecule has 0 atom stereocenters. The maximum absolute atomic E-state index is 11.5. The van der Waals surface area contributed by atoms with Gasteiger partial charge in [-0.05, 0) is 25.0 Å². The predicted octanol–water partition coefficient (Wildman–Crippen LogP) is 0.916. The Morgan fingerprint density at radius 2 is 2.28 bits per heavy atom. The first-order valence-corrected chi connectivity index (χ1v) is 6.08. The maximum Gasteiger partial charge on any atom is 0.222 e. The standard InChI is InChI=1S/C13H16N4O/c1-15-13(18)10-4-7-17(8-5-10)12-3-2-6-16-11(12)9-14/h2-3,6,10H,4-5,7-8H2,1H3,(H,15,18). The number of hydrogen-bond acceptors (Lipinski definition) is 4. The number of pyridine rings is 1. The second-order valence-electron chi connectivity index (χ2n) is 4.36. The first-order valence-electron chi connectivity index (χ1n) is 6.08. The van der Waals surface area contributed by atoms with E-state index in [9.17, 15) is 4.79 Å². The Bertz CT molecular complexity index is 472. The number of nitrogens with one attached hydrogen (secondary N) is 1. The summed E-state index contributed by atoms with van der Waals surface area (Å²) in [4.78, 5) is 17.7. The van der Waals surface area contributed by atoms with Crippen molar-refractivity contribution in [3.05, 3.63) is 24.0 Å². The van der Waals surface area contributed by atoms with Crippen LogP contribution in [-0.4, -0.2) is 31.0 Å². The predicted molar refractivity (Wildman–Crippen MR) is 68.0 cm³/mol. The Labute approximate surface area is 106 Å². The minimum atomic E-state index is 0.0912. The van der Waals surface area contributed by atoms with Crippen LogP contribution in [0.5, 0.6) is 0 Å². The summed E-state index contributed by atoms with van der Waals surface area (Å²) in [6.07, 6.45) is 3.26. The van der Waals surface area contributed by atoms with Gasteiger partial charge in [0.05, 0.1) is 5.69 Å². The third-order valence-corrected chi connectivity index (χ3v) is 3.35. The van der Waals surface area contributed by atoms with Gasteiger partial charge in [-0.25, -0.2) is 4.98 Å². The minimum Gasteiger partial charge on any atom is -0.369 e. The van der Waals surface area contributed by atoms with Crippen molar-refractivity contribution in [2.45, 2.75) is 12.8 Å². The van der Waals surface area contributed by atoms with Gasteiger partial charge in [-0.1, -0.05) is 0 Å². The molecule has 0 aliphatic carbocycles. The Morgan fingerprint density at radius 1 is 1.56 bits per heavy atom. The molecule has 94 valence electrons. The van der Waals surface area contributed by atoms with Gasteiger partial charge in [0.2, 0.25) is 5.91 Å². The summed E-state index contributed by atoms with van der Waals surface area (Å²) < 4.78 is 0. The monoisotopic (exact) mass is 244 g/mol. The number of amides is 1. The van der Waals surface area contributed by atoms with Crippen LogP contribution in [0.3, 0.4) is 0 Å². The average molecular weight is 244 g/mol. The van der Waals surface area contributed by atoms with E-state index in [0.717, 1.165) is 31.6 Å². The molecule has 18 heavy (non-hydrogen) atoms. The van der Waals surface area contributed by atoms with Gasteiger partial charge in [-0.3, -0.25) is 4.79 Å². The van der Waals surface area contributed by atoms with Gasteiger partial charge >= 0.3 is 0 Å². The van der Waals surface area contributed by atoms with Gasteiger partial charge in [0.1, 0.15) is 6.07 Å². The molecule has 0 saturated carbocycles. The van der Waals surface area contributed by atoms with E-state index in [1.807, 2.05) is 12.1 Å². The van der Waals surface area contributed by atoms with Crippen molar-refractivity contribution >= 4 is 11.6 Å². The van der Waals surface area contributed by atoms with Gasteiger partial charge in [-0.15, -0.1) is 0 Å². The maximum atomic E-state index is 11.5. The molecule has 0 spiro atoms. The van der Waals surface area contributed by atoms with E-state index in [4.69, 9.17) is 5.26 Å². The second kappa shape index (κ2) is 5.50. The van der Waals surface area contributed by atoms with Crippen LogP contribution in [0.15, 0.2) is 18.3 Å². The second-order valence-corrected chi connectivity index (χ2v) is 4.36. The zero-order valence-electron chi connectivity index (χ0n) is 10.4. The van der Waals surface area contributed by atoms with Crippen molar-refractivity contribution in [2.24, 2.45) is 5.92 Å². The smallest absolute Gasteiger partial charge is 0.222 e. The summed E-state index contributed by atoms with van der Waals surface area (Å²) in [5, 5.41) is 11.7. The molecule has 1 amide bonds. The SMILES string of the molecule is CNC(=O)C1CCN(c2cccnc2C#N)CC1. The van der Waals surface area contributed by atoms with Crippen molar-refractivity contribution < 1.29 is 4.79 Å². The molecule has 1 fully saturated rings. The van der Waals surface area contributed by atoms with Crippen LogP contribution in [-0.2, 0) is 4.79 Å². The van der Waals surface area contributed by atoms with E-state index in [2.05, 4.69) is 21.3 Å². The molecule has 2 heterocycles. The molecule has 1 aromatic heterocycles. The third-order valence-electron chi connectivity index (χ3n) is 3.35. The van der Waals surface area contributed by atoms with Crippen LogP contribution in [0.4, 0.5) is 5.69 Å². The van der Waals surface area contributed by atoms with Crippen molar-refractivity contribution in [3.63, 3.8) is 0 Å². The van der Waals surface area contributed by atoms with Gasteiger partial charge in [0, 0.05) is 32.3 Å². The molecular formula is C13H16N4O. The summed E-state index contributed by atoms with van der Waals surface area (Å²) in [6, 6.07) is 5.85. The first-order chi connectivity index (χ1) is 8.76. The van der Waals surface area contributed by atoms with E-state index >= 15 is 0 Å². The summed E-state index contributed by atoms with van der Waals surface area (Å²) in [6.45, 7) is 1.58. The lowest BCUT2D eigenvalue weighted by Crippen LogP contribution is -2.39. The van der Waals surface area contributed by atoms with Crippen molar-refractivity contribution in [3.8, 4) is 6.07 Å². The molecule has 0 aromatic carbocycles. The molecule has 1 aliphatic rings. The van der Waals surface area contributed by atoms with E-state index in [0.29, 0.717) is 5.69 Å². The number of aromatic nitrogens is 1. The quantitative estimate of drug-likeness (QED) is 0.839. The van der Waals surface area contributed by atoms with Crippen LogP contribution < -0.4 is 10.2 Å². The van der Waals surface area contributed by atoms with Gasteiger partial charge < -0.3 is 10.2 Å². The summed E-state index contributed by atoms with van der Waals surface area (Å²) in [5.74, 6) is 0.204. The topological polar surface area (TPSA) is 69.0 Å². The number of nitrogens with zero attached hydrogens (tertiary/aromatic N) is 3. The van der Waals surface area contributed by atoms with Gasteiger partial charge in [0.25, 0.3) is 0 Å². The lowest BCUT2D eigenvalue weighted by Gasteiger charge is -2.32. The average Bonchev–Trinajstić information content (AvgIpc) is 2.46. The Kier molecular flexibility index (Phi) is 3.78. The normalized spacial score (nSPS) is 16.1. The Balaban J connectivity index is 2.06. The van der Waals surface area contributed by atoms with E-state index in [1.54, 1.807) is 13.2 Å². The zero-order chi connectivity index (χ0) is 13.0. The van der Waals surface area contributed by atoms with Crippen LogP contribution in [0.1, 0.15) is 18.5 Å². The molecule has 1 N–H and O–H groups in total. The number of hydrogen-bond donors (Lipinski definition) is 1. The van der Waals surface area contributed by atoms with Crippen LogP contribution in [0.25, 0.3) is 0 Å². The number of carbonyl (C=O) groups is 1. The third kappa shape index (κ3) is 2.43. The molecule has 0 bridgehead atoms. The number of nitriles is 1. The summed E-state index contributed by atoms with van der Waals surface area (Å²) in [7, 11) is 1.67. The van der Waals surface area contributed by atoms with Crippen LogP contribution in [0, 0.1) is 17.2 Å². The zero-order valence-corrected chi connectivity index (χ0v) is 10.4. The first kappa shape index (κ1) is 12.4. The lowest BCUT2D eigenvalue weighted by atomic mass is 9.95. The minimum absolute atomic E-state index is 0.0912. The van der Waals surface area contributed by atoms with E-state index in [-0.39, 0.29) is 11.8 Å². The molecule has 5 nitrogen and oxygen atoms in total. The highest BCUT2D eigenvalue weighted by Gasteiger charge is 2.25. The molecule has 5 heteroatoms. The molecule has 1 aliphatic heterocycles. The fraction of sp³-hybridized carbons (Fsp3) is 0.462. The fourth-order valence-corrected chi connectivity index (χ4v) is 2.32. The van der Waals surface area contributed by atoms with Crippen LogP contribution >= 0.6 is 0 Å². The summed E-state index contributed by atoms with van der Waals surface area (Å²) in [5.41, 5.74) is 1.33. The van der Waals surface area contributed by atoms with Crippen LogP contribution in [0.2, 0.25) is 0 Å². The highest BCUT2D eigenvalue weighted by molar-refractivity contribution is 5.78. The number of rotatable bonds is 2.